The van der Waals surface area contributed by atoms with Crippen LogP contribution in [-0.4, -0.2) is 32.3 Å². The standard InChI is InChI=1S/C14H22N2O3/c1-11(10-18-2)19-9-8-14(16,13(15)17)12-6-4-3-5-7-12/h3-7,11H,8-10,16H2,1-2H3,(H2,15,17). The maximum Gasteiger partial charge on any atom is 0.242 e. The van der Waals surface area contributed by atoms with Crippen LogP contribution in [0.15, 0.2) is 30.3 Å². The Morgan fingerprint density at radius 2 is 2.00 bits per heavy atom. The molecule has 5 nitrogen and oxygen atoms in total. The molecule has 0 radical (unpaired) electrons. The smallest absolute Gasteiger partial charge is 0.242 e. The first-order chi connectivity index (χ1) is 9.00. The Balaban J connectivity index is 2.66. The fourth-order valence-corrected chi connectivity index (χ4v) is 1.85. The van der Waals surface area contributed by atoms with E-state index in [9.17, 15) is 4.79 Å². The van der Waals surface area contributed by atoms with Gasteiger partial charge in [-0.05, 0) is 12.5 Å². The van der Waals surface area contributed by atoms with Crippen LogP contribution in [0.5, 0.6) is 0 Å². The number of ether oxygens (including phenoxy) is 2. The van der Waals surface area contributed by atoms with E-state index >= 15 is 0 Å². The van der Waals surface area contributed by atoms with Crippen molar-refractivity contribution in [3.8, 4) is 0 Å². The van der Waals surface area contributed by atoms with Crippen LogP contribution in [0.1, 0.15) is 18.9 Å². The summed E-state index contributed by atoms with van der Waals surface area (Å²) in [6, 6.07) is 9.11. The minimum Gasteiger partial charge on any atom is -0.382 e. The topological polar surface area (TPSA) is 87.6 Å². The van der Waals surface area contributed by atoms with Gasteiger partial charge in [-0.2, -0.15) is 0 Å². The van der Waals surface area contributed by atoms with Crippen LogP contribution in [0.3, 0.4) is 0 Å². The van der Waals surface area contributed by atoms with E-state index in [1.807, 2.05) is 25.1 Å². The molecule has 106 valence electrons. The second-order valence-corrected chi connectivity index (χ2v) is 4.59. The molecule has 0 aliphatic heterocycles. The molecule has 1 aromatic rings. The molecular weight excluding hydrogens is 244 g/mol. The highest BCUT2D eigenvalue weighted by Gasteiger charge is 2.33. The number of amides is 1. The first-order valence-corrected chi connectivity index (χ1v) is 6.25. The number of methoxy groups -OCH3 is 1. The van der Waals surface area contributed by atoms with E-state index in [-0.39, 0.29) is 6.10 Å². The van der Waals surface area contributed by atoms with E-state index in [4.69, 9.17) is 20.9 Å². The minimum absolute atomic E-state index is 0.0436. The van der Waals surface area contributed by atoms with Crippen molar-refractivity contribution in [1.29, 1.82) is 0 Å². The van der Waals surface area contributed by atoms with Crippen LogP contribution < -0.4 is 11.5 Å². The Kier molecular flexibility index (Phi) is 5.95. The fourth-order valence-electron chi connectivity index (χ4n) is 1.85. The SMILES string of the molecule is COCC(C)OCCC(N)(C(N)=O)c1ccccc1. The van der Waals surface area contributed by atoms with Gasteiger partial charge < -0.3 is 20.9 Å². The second kappa shape index (κ2) is 7.23. The Hall–Kier alpha value is -1.43. The van der Waals surface area contributed by atoms with Crippen molar-refractivity contribution in [2.24, 2.45) is 11.5 Å². The summed E-state index contributed by atoms with van der Waals surface area (Å²) in [5.41, 5.74) is 11.1. The third kappa shape index (κ3) is 4.31. The van der Waals surface area contributed by atoms with Gasteiger partial charge in [-0.15, -0.1) is 0 Å². The van der Waals surface area contributed by atoms with Gasteiger partial charge in [-0.25, -0.2) is 0 Å². The van der Waals surface area contributed by atoms with E-state index < -0.39 is 11.4 Å². The van der Waals surface area contributed by atoms with Crippen LogP contribution in [0.25, 0.3) is 0 Å². The summed E-state index contributed by atoms with van der Waals surface area (Å²) in [7, 11) is 1.61. The molecule has 5 heteroatoms. The minimum atomic E-state index is -1.20. The van der Waals surface area contributed by atoms with Crippen molar-refractivity contribution in [1.82, 2.24) is 0 Å². The molecule has 0 aromatic heterocycles. The van der Waals surface area contributed by atoms with Gasteiger partial charge in [-0.3, -0.25) is 4.79 Å². The number of carbonyl (C=O) groups excluding carboxylic acids is 1. The van der Waals surface area contributed by atoms with Crippen LogP contribution in [0.4, 0.5) is 0 Å². The fraction of sp³-hybridized carbons (Fsp3) is 0.500. The lowest BCUT2D eigenvalue weighted by Crippen LogP contribution is -2.50. The van der Waals surface area contributed by atoms with Gasteiger partial charge in [0.25, 0.3) is 0 Å². The monoisotopic (exact) mass is 266 g/mol. The number of primary amides is 1. The number of nitrogens with two attached hydrogens (primary N) is 2. The lowest BCUT2D eigenvalue weighted by Gasteiger charge is -2.27. The molecule has 1 aromatic carbocycles. The largest absolute Gasteiger partial charge is 0.382 e. The molecule has 0 bridgehead atoms. The average molecular weight is 266 g/mol. The van der Waals surface area contributed by atoms with Crippen LogP contribution in [-0.2, 0) is 19.8 Å². The number of rotatable bonds is 8. The Morgan fingerprint density at radius 3 is 2.53 bits per heavy atom. The van der Waals surface area contributed by atoms with Gasteiger partial charge in [-0.1, -0.05) is 30.3 Å². The second-order valence-electron chi connectivity index (χ2n) is 4.59. The van der Waals surface area contributed by atoms with Crippen molar-refractivity contribution in [3.63, 3.8) is 0 Å². The molecule has 0 fully saturated rings. The lowest BCUT2D eigenvalue weighted by atomic mass is 9.87. The number of carbonyl (C=O) groups is 1. The number of benzene rings is 1. The first-order valence-electron chi connectivity index (χ1n) is 6.25. The van der Waals surface area contributed by atoms with Crippen molar-refractivity contribution >= 4 is 5.91 Å². The highest BCUT2D eigenvalue weighted by atomic mass is 16.5. The molecule has 0 aliphatic carbocycles. The van der Waals surface area contributed by atoms with Crippen LogP contribution >= 0.6 is 0 Å². The number of hydrogen-bond donors (Lipinski definition) is 2. The maximum absolute atomic E-state index is 11.6. The summed E-state index contributed by atoms with van der Waals surface area (Å²) in [6.07, 6.45) is 0.290. The normalized spacial score (nSPS) is 15.7. The van der Waals surface area contributed by atoms with Gasteiger partial charge in [0.15, 0.2) is 0 Å². The number of hydrogen-bond acceptors (Lipinski definition) is 4. The van der Waals surface area contributed by atoms with E-state index in [2.05, 4.69) is 0 Å². The van der Waals surface area contributed by atoms with Gasteiger partial charge in [0.2, 0.25) is 5.91 Å². The first kappa shape index (κ1) is 15.6. The van der Waals surface area contributed by atoms with Crippen molar-refractivity contribution in [2.45, 2.75) is 25.0 Å². The predicted octanol–water partition coefficient (Wildman–Crippen LogP) is 0.768. The van der Waals surface area contributed by atoms with Gasteiger partial charge in [0.1, 0.15) is 5.54 Å². The third-order valence-corrected chi connectivity index (χ3v) is 3.03. The molecule has 2 unspecified atom stereocenters. The molecule has 0 aliphatic rings. The predicted molar refractivity (Wildman–Crippen MR) is 73.4 cm³/mol. The molecular formula is C14H22N2O3. The molecule has 0 saturated heterocycles. The zero-order valence-corrected chi connectivity index (χ0v) is 11.5. The van der Waals surface area contributed by atoms with E-state index in [0.29, 0.717) is 25.2 Å². The Morgan fingerprint density at radius 1 is 1.37 bits per heavy atom. The van der Waals surface area contributed by atoms with Crippen molar-refractivity contribution < 1.29 is 14.3 Å². The van der Waals surface area contributed by atoms with E-state index in [1.54, 1.807) is 19.2 Å². The van der Waals surface area contributed by atoms with E-state index in [0.717, 1.165) is 0 Å². The molecule has 1 rings (SSSR count). The summed E-state index contributed by atoms with van der Waals surface area (Å²) in [5.74, 6) is -0.554. The quantitative estimate of drug-likeness (QED) is 0.727. The molecule has 2 atom stereocenters. The average Bonchev–Trinajstić information content (AvgIpc) is 2.39. The summed E-state index contributed by atoms with van der Waals surface area (Å²) in [4.78, 5) is 11.6. The zero-order valence-electron chi connectivity index (χ0n) is 11.5. The highest BCUT2D eigenvalue weighted by Crippen LogP contribution is 2.22. The van der Waals surface area contributed by atoms with Crippen LogP contribution in [0.2, 0.25) is 0 Å². The molecule has 4 N–H and O–H groups in total. The summed E-state index contributed by atoms with van der Waals surface area (Å²) in [6.45, 7) is 2.74. The highest BCUT2D eigenvalue weighted by molar-refractivity contribution is 5.85. The summed E-state index contributed by atoms with van der Waals surface area (Å²) >= 11 is 0. The molecule has 19 heavy (non-hydrogen) atoms. The van der Waals surface area contributed by atoms with Gasteiger partial charge in [0.05, 0.1) is 12.7 Å². The third-order valence-electron chi connectivity index (χ3n) is 3.03. The van der Waals surface area contributed by atoms with Crippen molar-refractivity contribution in [2.75, 3.05) is 20.3 Å². The Labute approximate surface area is 113 Å². The summed E-state index contributed by atoms with van der Waals surface area (Å²) in [5, 5.41) is 0. The summed E-state index contributed by atoms with van der Waals surface area (Å²) < 4.78 is 10.5. The van der Waals surface area contributed by atoms with Crippen molar-refractivity contribution in [3.05, 3.63) is 35.9 Å². The molecule has 0 saturated carbocycles. The maximum atomic E-state index is 11.6. The molecule has 0 spiro atoms. The lowest BCUT2D eigenvalue weighted by molar-refractivity contribution is -0.124. The molecule has 0 heterocycles. The van der Waals surface area contributed by atoms with Gasteiger partial charge in [0, 0.05) is 20.1 Å². The van der Waals surface area contributed by atoms with E-state index in [1.165, 1.54) is 0 Å². The Bertz CT molecular complexity index is 397. The van der Waals surface area contributed by atoms with Gasteiger partial charge >= 0.3 is 0 Å². The molecule has 1 amide bonds. The zero-order chi connectivity index (χ0) is 14.3. The van der Waals surface area contributed by atoms with Crippen LogP contribution in [0, 0.1) is 0 Å².